The van der Waals surface area contributed by atoms with Gasteiger partial charge in [-0.1, -0.05) is 48.9 Å². The monoisotopic (exact) mass is 411 g/mol. The molecule has 2 aromatic carbocycles. The van der Waals surface area contributed by atoms with E-state index in [4.69, 9.17) is 15.8 Å². The zero-order valence-electron chi connectivity index (χ0n) is 17.1. The number of benzene rings is 2. The smallest absolute Gasteiger partial charge is 0.451 e. The molecule has 0 unspecified atom stereocenters. The van der Waals surface area contributed by atoms with Gasteiger partial charge in [-0.15, -0.1) is 0 Å². The predicted octanol–water partition coefficient (Wildman–Crippen LogP) is 1.73. The second-order valence-electron chi connectivity index (χ2n) is 8.06. The van der Waals surface area contributed by atoms with Crippen LogP contribution in [0.3, 0.4) is 0 Å². The largest absolute Gasteiger partial charge is 0.480 e. The second-order valence-corrected chi connectivity index (χ2v) is 8.06. The molecule has 30 heavy (non-hydrogen) atoms. The molecule has 1 fully saturated rings. The predicted molar refractivity (Wildman–Crippen MR) is 119 cm³/mol. The summed E-state index contributed by atoms with van der Waals surface area (Å²) in [7, 11) is -1.36. The number of nitrogens with one attached hydrogen (secondary N) is 1. The molecule has 0 radical (unpaired) electrons. The Balaban J connectivity index is 1.50. The highest BCUT2D eigenvalue weighted by Crippen LogP contribution is 2.30. The molecule has 3 rings (SSSR count). The number of carbonyl (C=O) groups is 1. The molecule has 0 amide bonds. The minimum Gasteiger partial charge on any atom is -0.480 e. The first kappa shape index (κ1) is 22.3. The topological polar surface area (TPSA) is 119 Å². The molecule has 1 heterocycles. The molecule has 2 aromatic rings. The third-order valence-corrected chi connectivity index (χ3v) is 5.85. The summed E-state index contributed by atoms with van der Waals surface area (Å²) in [6.07, 6.45) is 1.33. The Morgan fingerprint density at radius 1 is 1.13 bits per heavy atom. The van der Waals surface area contributed by atoms with Gasteiger partial charge < -0.3 is 26.2 Å². The Kier molecular flexibility index (Phi) is 7.50. The molecular formula is C22H30BN3O4. The molecule has 6 N–H and O–H groups in total. The number of aliphatic carboxylic acids is 1. The number of carboxylic acid groups (broad SMARTS) is 1. The van der Waals surface area contributed by atoms with Crippen LogP contribution in [0, 0.1) is 5.92 Å². The molecule has 0 bridgehead atoms. The van der Waals surface area contributed by atoms with Crippen molar-refractivity contribution < 1.29 is 19.9 Å². The SMILES string of the molecule is N[C@@]1(C(=O)O)CN(CCNc2ccc(-c3ccccc3)cc2)C[C@@H]1CCCB(O)O. The van der Waals surface area contributed by atoms with Gasteiger partial charge in [0, 0.05) is 37.8 Å². The highest BCUT2D eigenvalue weighted by atomic mass is 16.4. The maximum Gasteiger partial charge on any atom is 0.451 e. The minimum absolute atomic E-state index is 0.209. The van der Waals surface area contributed by atoms with Crippen LogP contribution in [0.15, 0.2) is 54.6 Å². The molecule has 8 heteroatoms. The van der Waals surface area contributed by atoms with Crippen LogP contribution in [-0.4, -0.2) is 64.9 Å². The average molecular weight is 411 g/mol. The fraction of sp³-hybridized carbons (Fsp3) is 0.409. The van der Waals surface area contributed by atoms with Gasteiger partial charge in [-0.2, -0.15) is 0 Å². The number of hydrogen-bond donors (Lipinski definition) is 5. The fourth-order valence-corrected chi connectivity index (χ4v) is 4.12. The van der Waals surface area contributed by atoms with E-state index in [1.807, 2.05) is 30.3 Å². The summed E-state index contributed by atoms with van der Waals surface area (Å²) in [5, 5.41) is 31.0. The summed E-state index contributed by atoms with van der Waals surface area (Å²) in [6.45, 7) is 2.26. The quantitative estimate of drug-likeness (QED) is 0.378. The maximum absolute atomic E-state index is 11.8. The zero-order valence-corrected chi connectivity index (χ0v) is 17.1. The van der Waals surface area contributed by atoms with Crippen molar-refractivity contribution in [1.29, 1.82) is 0 Å². The van der Waals surface area contributed by atoms with Crippen LogP contribution < -0.4 is 11.1 Å². The summed E-state index contributed by atoms with van der Waals surface area (Å²) >= 11 is 0. The Hall–Kier alpha value is -2.39. The lowest BCUT2D eigenvalue weighted by Gasteiger charge is -2.25. The molecule has 0 saturated carbocycles. The van der Waals surface area contributed by atoms with Crippen molar-refractivity contribution in [2.45, 2.75) is 24.7 Å². The number of rotatable bonds is 10. The van der Waals surface area contributed by atoms with Gasteiger partial charge in [0.05, 0.1) is 0 Å². The Bertz CT molecular complexity index is 819. The molecule has 0 aromatic heterocycles. The van der Waals surface area contributed by atoms with E-state index in [0.29, 0.717) is 39.0 Å². The second kappa shape index (κ2) is 10.1. The molecule has 1 aliphatic rings. The fourth-order valence-electron chi connectivity index (χ4n) is 4.12. The van der Waals surface area contributed by atoms with Crippen LogP contribution in [0.4, 0.5) is 5.69 Å². The Morgan fingerprint density at radius 3 is 2.43 bits per heavy atom. The van der Waals surface area contributed by atoms with E-state index in [2.05, 4.69) is 34.5 Å². The van der Waals surface area contributed by atoms with Crippen molar-refractivity contribution in [3.05, 3.63) is 54.6 Å². The van der Waals surface area contributed by atoms with Gasteiger partial charge in [0.15, 0.2) is 0 Å². The first-order valence-electron chi connectivity index (χ1n) is 10.4. The van der Waals surface area contributed by atoms with E-state index in [9.17, 15) is 9.90 Å². The molecule has 1 saturated heterocycles. The van der Waals surface area contributed by atoms with Gasteiger partial charge in [-0.25, -0.2) is 0 Å². The van der Waals surface area contributed by atoms with Crippen molar-refractivity contribution in [2.24, 2.45) is 11.7 Å². The van der Waals surface area contributed by atoms with Gasteiger partial charge in [-0.3, -0.25) is 9.69 Å². The number of likely N-dealkylation sites (tertiary alicyclic amines) is 1. The van der Waals surface area contributed by atoms with Crippen LogP contribution in [0.1, 0.15) is 12.8 Å². The highest BCUT2D eigenvalue weighted by molar-refractivity contribution is 6.40. The van der Waals surface area contributed by atoms with E-state index in [-0.39, 0.29) is 12.2 Å². The van der Waals surface area contributed by atoms with E-state index in [1.54, 1.807) is 0 Å². The third kappa shape index (κ3) is 5.61. The standard InChI is InChI=1S/C22H30BN3O4/c24-22(21(27)28)16-26(15-19(22)7-4-12-23(29)30)14-13-25-20-10-8-18(9-11-20)17-5-2-1-3-6-17/h1-3,5-6,8-11,19,25,29-30H,4,7,12-16,24H2,(H,27,28)/t19-,22-/m0/s1. The molecule has 0 aliphatic carbocycles. The van der Waals surface area contributed by atoms with E-state index >= 15 is 0 Å². The first-order valence-corrected chi connectivity index (χ1v) is 10.4. The lowest BCUT2D eigenvalue weighted by Crippen LogP contribution is -2.54. The molecule has 160 valence electrons. The van der Waals surface area contributed by atoms with Gasteiger partial charge in [-0.05, 0) is 36.0 Å². The summed E-state index contributed by atoms with van der Waals surface area (Å²) in [5.41, 5.74) is 8.27. The van der Waals surface area contributed by atoms with E-state index in [0.717, 1.165) is 11.3 Å². The summed E-state index contributed by atoms with van der Waals surface area (Å²) < 4.78 is 0. The molecule has 1 aliphatic heterocycles. The molecular weight excluding hydrogens is 381 g/mol. The number of carboxylic acids is 1. The Labute approximate surface area is 177 Å². The highest BCUT2D eigenvalue weighted by Gasteiger charge is 2.48. The van der Waals surface area contributed by atoms with Crippen LogP contribution in [0.25, 0.3) is 11.1 Å². The zero-order chi connectivity index (χ0) is 21.6. The van der Waals surface area contributed by atoms with Crippen LogP contribution in [0.5, 0.6) is 0 Å². The van der Waals surface area contributed by atoms with E-state index in [1.165, 1.54) is 5.56 Å². The summed E-state index contributed by atoms with van der Waals surface area (Å²) in [5.74, 6) is -1.21. The molecule has 0 spiro atoms. The maximum atomic E-state index is 11.8. The third-order valence-electron chi connectivity index (χ3n) is 5.85. The minimum atomic E-state index is -1.36. The van der Waals surface area contributed by atoms with Gasteiger partial charge >= 0.3 is 13.1 Å². The lowest BCUT2D eigenvalue weighted by molar-refractivity contribution is -0.144. The lowest BCUT2D eigenvalue weighted by atomic mass is 9.78. The molecule has 7 nitrogen and oxygen atoms in total. The van der Waals surface area contributed by atoms with Crippen LogP contribution >= 0.6 is 0 Å². The summed E-state index contributed by atoms with van der Waals surface area (Å²) in [4.78, 5) is 13.8. The molecule has 2 atom stereocenters. The average Bonchev–Trinajstić information content (AvgIpc) is 3.06. The van der Waals surface area contributed by atoms with Crippen molar-refractivity contribution in [3.8, 4) is 11.1 Å². The normalized spacial score (nSPS) is 21.5. The van der Waals surface area contributed by atoms with Crippen molar-refractivity contribution >= 4 is 18.8 Å². The van der Waals surface area contributed by atoms with Gasteiger partial charge in [0.1, 0.15) is 5.54 Å². The van der Waals surface area contributed by atoms with Crippen LogP contribution in [0.2, 0.25) is 6.32 Å². The number of nitrogens with two attached hydrogens (primary N) is 1. The van der Waals surface area contributed by atoms with E-state index < -0.39 is 18.6 Å². The van der Waals surface area contributed by atoms with Gasteiger partial charge in [0.2, 0.25) is 0 Å². The van der Waals surface area contributed by atoms with Crippen molar-refractivity contribution in [1.82, 2.24) is 4.90 Å². The van der Waals surface area contributed by atoms with Gasteiger partial charge in [0.25, 0.3) is 0 Å². The number of hydrogen-bond acceptors (Lipinski definition) is 6. The Morgan fingerprint density at radius 2 is 1.80 bits per heavy atom. The van der Waals surface area contributed by atoms with Crippen molar-refractivity contribution in [2.75, 3.05) is 31.5 Å². The first-order chi connectivity index (χ1) is 14.4. The number of anilines is 1. The van der Waals surface area contributed by atoms with Crippen molar-refractivity contribution in [3.63, 3.8) is 0 Å². The summed E-state index contributed by atoms with van der Waals surface area (Å²) in [6, 6.07) is 18.4. The number of nitrogens with zero attached hydrogens (tertiary/aromatic N) is 1. The van der Waals surface area contributed by atoms with Crippen LogP contribution in [-0.2, 0) is 4.79 Å².